The van der Waals surface area contributed by atoms with Gasteiger partial charge in [0.05, 0.1) is 7.11 Å². The molecule has 0 aliphatic rings. The van der Waals surface area contributed by atoms with Crippen LogP contribution in [-0.2, 0) is 9.53 Å². The van der Waals surface area contributed by atoms with Crippen molar-refractivity contribution in [3.8, 4) is 0 Å². The quantitative estimate of drug-likeness (QED) is 0.0998. The molecule has 0 N–H and O–H groups in total. The van der Waals surface area contributed by atoms with E-state index < -0.39 is 0 Å². The molecular formula is C25H49ClO2. The van der Waals surface area contributed by atoms with Crippen molar-refractivity contribution in [3.63, 3.8) is 0 Å². The third-order valence-corrected chi connectivity index (χ3v) is 6.18. The number of hydrogen-bond donors (Lipinski definition) is 0. The lowest BCUT2D eigenvalue weighted by Crippen LogP contribution is -1.99. The number of hydrogen-bond acceptors (Lipinski definition) is 2. The van der Waals surface area contributed by atoms with Crippen LogP contribution in [0.25, 0.3) is 0 Å². The molecule has 0 radical (unpaired) electrons. The van der Waals surface area contributed by atoms with Gasteiger partial charge in [-0.15, -0.1) is 11.6 Å². The van der Waals surface area contributed by atoms with Gasteiger partial charge in [0.1, 0.15) is 0 Å². The van der Waals surface area contributed by atoms with Crippen LogP contribution in [0.3, 0.4) is 0 Å². The summed E-state index contributed by atoms with van der Waals surface area (Å²) in [7, 11) is 1.47. The summed E-state index contributed by atoms with van der Waals surface area (Å²) in [6.45, 7) is 2.28. The fourth-order valence-corrected chi connectivity index (χ4v) is 4.10. The highest BCUT2D eigenvalue weighted by Gasteiger charge is 2.04. The van der Waals surface area contributed by atoms with E-state index in [1.54, 1.807) is 0 Å². The minimum atomic E-state index is -0.0710. The first-order chi connectivity index (χ1) is 13.7. The Kier molecular flexibility index (Phi) is 22.8. The topological polar surface area (TPSA) is 26.3 Å². The number of alkyl halides is 1. The van der Waals surface area contributed by atoms with Gasteiger partial charge in [0, 0.05) is 11.8 Å². The fraction of sp³-hybridized carbons (Fsp3) is 0.960. The zero-order valence-corrected chi connectivity index (χ0v) is 19.9. The second-order valence-corrected chi connectivity index (χ2v) is 9.13. The number of unbranched alkanes of at least 4 members (excludes halogenated alkanes) is 16. The van der Waals surface area contributed by atoms with Crippen molar-refractivity contribution in [2.24, 2.45) is 0 Å². The molecule has 0 amide bonds. The third kappa shape index (κ3) is 22.1. The number of esters is 1. The minimum absolute atomic E-state index is 0.0710. The standard InChI is InChI=1S/C25H49ClO2/c1-3-4-5-6-12-15-18-21-24(26)22-19-16-13-10-8-7-9-11-14-17-20-23-25(27)28-2/h24H,3-23H2,1-2H3. The predicted molar refractivity (Wildman–Crippen MR) is 124 cm³/mol. The van der Waals surface area contributed by atoms with Gasteiger partial charge < -0.3 is 4.74 Å². The van der Waals surface area contributed by atoms with E-state index in [0.717, 1.165) is 12.8 Å². The number of ether oxygens (including phenoxy) is 1. The molecule has 0 saturated heterocycles. The summed E-state index contributed by atoms with van der Waals surface area (Å²) in [5.41, 5.74) is 0. The van der Waals surface area contributed by atoms with Gasteiger partial charge in [-0.1, -0.05) is 116 Å². The molecule has 28 heavy (non-hydrogen) atoms. The Balaban J connectivity index is 3.15. The molecule has 0 fully saturated rings. The highest BCUT2D eigenvalue weighted by molar-refractivity contribution is 6.20. The van der Waals surface area contributed by atoms with Crippen LogP contribution in [0.2, 0.25) is 0 Å². The van der Waals surface area contributed by atoms with E-state index in [1.807, 2.05) is 0 Å². The smallest absolute Gasteiger partial charge is 0.305 e. The molecule has 0 aromatic rings. The molecule has 0 heterocycles. The molecule has 3 heteroatoms. The van der Waals surface area contributed by atoms with E-state index in [4.69, 9.17) is 11.6 Å². The van der Waals surface area contributed by atoms with Crippen LogP contribution in [0.15, 0.2) is 0 Å². The summed E-state index contributed by atoms with van der Waals surface area (Å²) in [6.07, 6.45) is 26.9. The van der Waals surface area contributed by atoms with Crippen LogP contribution in [0.1, 0.15) is 142 Å². The molecule has 1 unspecified atom stereocenters. The molecule has 168 valence electrons. The molecule has 0 spiro atoms. The van der Waals surface area contributed by atoms with E-state index in [0.29, 0.717) is 11.8 Å². The van der Waals surface area contributed by atoms with Gasteiger partial charge in [-0.25, -0.2) is 0 Å². The molecule has 0 bridgehead atoms. The molecule has 1 atom stereocenters. The van der Waals surface area contributed by atoms with E-state index in [1.165, 1.54) is 123 Å². The lowest BCUT2D eigenvalue weighted by molar-refractivity contribution is -0.140. The molecular weight excluding hydrogens is 368 g/mol. The maximum atomic E-state index is 11.0. The Labute approximate surface area is 181 Å². The zero-order chi connectivity index (χ0) is 20.7. The fourth-order valence-electron chi connectivity index (χ4n) is 3.80. The Morgan fingerprint density at radius 1 is 0.643 bits per heavy atom. The van der Waals surface area contributed by atoms with Crippen LogP contribution in [0.5, 0.6) is 0 Å². The highest BCUT2D eigenvalue weighted by Crippen LogP contribution is 2.18. The van der Waals surface area contributed by atoms with Gasteiger partial charge in [0.2, 0.25) is 0 Å². The largest absolute Gasteiger partial charge is 0.469 e. The van der Waals surface area contributed by atoms with Gasteiger partial charge in [0.15, 0.2) is 0 Å². The first-order valence-electron chi connectivity index (χ1n) is 12.4. The number of carbonyl (C=O) groups is 1. The Morgan fingerprint density at radius 3 is 1.39 bits per heavy atom. The van der Waals surface area contributed by atoms with Crippen molar-refractivity contribution >= 4 is 17.6 Å². The molecule has 0 saturated carbocycles. The van der Waals surface area contributed by atoms with Crippen molar-refractivity contribution in [2.45, 2.75) is 147 Å². The summed E-state index contributed by atoms with van der Waals surface area (Å²) in [4.78, 5) is 11.0. The monoisotopic (exact) mass is 416 g/mol. The average Bonchev–Trinajstić information content (AvgIpc) is 2.70. The second kappa shape index (κ2) is 23.0. The molecule has 0 aromatic carbocycles. The van der Waals surface area contributed by atoms with E-state index >= 15 is 0 Å². The molecule has 2 nitrogen and oxygen atoms in total. The number of halogens is 1. The van der Waals surface area contributed by atoms with Gasteiger partial charge in [0.25, 0.3) is 0 Å². The van der Waals surface area contributed by atoms with Crippen LogP contribution < -0.4 is 0 Å². The van der Waals surface area contributed by atoms with E-state index in [2.05, 4.69) is 11.7 Å². The van der Waals surface area contributed by atoms with Crippen molar-refractivity contribution in [3.05, 3.63) is 0 Å². The predicted octanol–water partition coefficient (Wildman–Crippen LogP) is 8.98. The van der Waals surface area contributed by atoms with E-state index in [-0.39, 0.29) is 5.97 Å². The average molecular weight is 417 g/mol. The Morgan fingerprint density at radius 2 is 1.00 bits per heavy atom. The van der Waals surface area contributed by atoms with Gasteiger partial charge >= 0.3 is 5.97 Å². The molecule has 0 rings (SSSR count). The highest BCUT2D eigenvalue weighted by atomic mass is 35.5. The van der Waals surface area contributed by atoms with Crippen LogP contribution in [0.4, 0.5) is 0 Å². The summed E-state index contributed by atoms with van der Waals surface area (Å²) >= 11 is 6.48. The first kappa shape index (κ1) is 27.8. The third-order valence-electron chi connectivity index (χ3n) is 5.75. The van der Waals surface area contributed by atoms with E-state index in [9.17, 15) is 4.79 Å². The van der Waals surface area contributed by atoms with Crippen molar-refractivity contribution in [1.82, 2.24) is 0 Å². The lowest BCUT2D eigenvalue weighted by Gasteiger charge is -2.09. The minimum Gasteiger partial charge on any atom is -0.469 e. The van der Waals surface area contributed by atoms with Crippen LogP contribution in [-0.4, -0.2) is 18.5 Å². The Bertz CT molecular complexity index is 320. The maximum Gasteiger partial charge on any atom is 0.305 e. The normalized spacial score (nSPS) is 12.2. The summed E-state index contributed by atoms with van der Waals surface area (Å²) < 4.78 is 4.65. The first-order valence-corrected chi connectivity index (χ1v) is 12.8. The SMILES string of the molecule is CCCCCCCCCC(Cl)CCCCCCCCCCCCCC(=O)OC. The van der Waals surface area contributed by atoms with Gasteiger partial charge in [-0.3, -0.25) is 4.79 Å². The van der Waals surface area contributed by atoms with Crippen molar-refractivity contribution < 1.29 is 9.53 Å². The van der Waals surface area contributed by atoms with Crippen molar-refractivity contribution in [1.29, 1.82) is 0 Å². The second-order valence-electron chi connectivity index (χ2n) is 8.51. The summed E-state index contributed by atoms with van der Waals surface area (Å²) in [5, 5.41) is 0.412. The molecule has 0 aliphatic carbocycles. The van der Waals surface area contributed by atoms with Crippen LogP contribution in [0, 0.1) is 0 Å². The number of carbonyl (C=O) groups excluding carboxylic acids is 1. The summed E-state index contributed by atoms with van der Waals surface area (Å²) in [6, 6.07) is 0. The summed E-state index contributed by atoms with van der Waals surface area (Å²) in [5.74, 6) is -0.0710. The zero-order valence-electron chi connectivity index (χ0n) is 19.1. The Hall–Kier alpha value is -0.240. The molecule has 0 aromatic heterocycles. The molecule has 0 aliphatic heterocycles. The number of rotatable bonds is 22. The lowest BCUT2D eigenvalue weighted by atomic mass is 10.0. The van der Waals surface area contributed by atoms with Gasteiger partial charge in [-0.2, -0.15) is 0 Å². The van der Waals surface area contributed by atoms with Gasteiger partial charge in [-0.05, 0) is 19.3 Å². The van der Waals surface area contributed by atoms with Crippen LogP contribution >= 0.6 is 11.6 Å². The number of methoxy groups -OCH3 is 1. The maximum absolute atomic E-state index is 11.0. The van der Waals surface area contributed by atoms with Crippen molar-refractivity contribution in [2.75, 3.05) is 7.11 Å².